The molecule has 1 aromatic heterocycles. The Balaban J connectivity index is 1.08. The summed E-state index contributed by atoms with van der Waals surface area (Å²) in [5, 5.41) is 3.07. The summed E-state index contributed by atoms with van der Waals surface area (Å²) in [4.78, 5) is 29.2. The largest absolute Gasteiger partial charge is 0.486 e. The number of ether oxygens (including phenoxy) is 2. The quantitative estimate of drug-likeness (QED) is 0.636. The predicted molar refractivity (Wildman–Crippen MR) is 112 cm³/mol. The van der Waals surface area contributed by atoms with Crippen LogP contribution in [0, 0.1) is 11.2 Å². The maximum atomic E-state index is 13.5. The first-order valence-electron chi connectivity index (χ1n) is 10.8. The number of halogens is 2. The Hall–Kier alpha value is -2.45. The minimum Gasteiger partial charge on any atom is -0.486 e. The Morgan fingerprint density at radius 2 is 2.00 bits per heavy atom. The van der Waals surface area contributed by atoms with Gasteiger partial charge in [0.25, 0.3) is 5.91 Å². The lowest BCUT2D eigenvalue weighted by Gasteiger charge is -2.70. The van der Waals surface area contributed by atoms with Gasteiger partial charge >= 0.3 is 0 Å². The summed E-state index contributed by atoms with van der Waals surface area (Å²) >= 11 is 5.65. The lowest BCUT2D eigenvalue weighted by Crippen LogP contribution is -2.75. The van der Waals surface area contributed by atoms with Gasteiger partial charge in [-0.15, -0.1) is 0 Å². The highest BCUT2D eigenvalue weighted by molar-refractivity contribution is 6.30. The number of hydrogen-bond acceptors (Lipinski definition) is 6. The second kappa shape index (κ2) is 8.15. The molecule has 0 spiro atoms. The molecule has 32 heavy (non-hydrogen) atoms. The van der Waals surface area contributed by atoms with Crippen molar-refractivity contribution in [1.29, 1.82) is 0 Å². The molecule has 3 saturated carbocycles. The summed E-state index contributed by atoms with van der Waals surface area (Å²) in [6.07, 6.45) is 5.84. The van der Waals surface area contributed by atoms with Crippen LogP contribution in [-0.4, -0.2) is 42.0 Å². The maximum absolute atomic E-state index is 13.5. The zero-order chi connectivity index (χ0) is 22.3. The number of benzene rings is 1. The minimum atomic E-state index is -0.583. The predicted octanol–water partition coefficient (Wildman–Crippen LogP) is 4.05. The Morgan fingerprint density at radius 3 is 2.72 bits per heavy atom. The monoisotopic (exact) mass is 462 g/mol. The van der Waals surface area contributed by atoms with Gasteiger partial charge in [0.1, 0.15) is 18.2 Å². The van der Waals surface area contributed by atoms with Crippen LogP contribution in [-0.2, 0) is 9.53 Å². The molecule has 9 heteroatoms. The van der Waals surface area contributed by atoms with E-state index in [9.17, 15) is 14.0 Å². The average molecular weight is 463 g/mol. The zero-order valence-corrected chi connectivity index (χ0v) is 18.3. The van der Waals surface area contributed by atoms with E-state index in [-0.39, 0.29) is 51.7 Å². The van der Waals surface area contributed by atoms with Crippen molar-refractivity contribution < 1.29 is 27.9 Å². The molecule has 2 heterocycles. The number of amides is 1. The lowest BCUT2D eigenvalue weighted by atomic mass is 9.38. The maximum Gasteiger partial charge on any atom is 0.289 e. The van der Waals surface area contributed by atoms with Crippen LogP contribution in [0.25, 0.3) is 0 Å². The molecule has 1 N–H and O–H groups in total. The van der Waals surface area contributed by atoms with E-state index >= 15 is 0 Å². The fourth-order valence-electron chi connectivity index (χ4n) is 5.35. The van der Waals surface area contributed by atoms with Crippen molar-refractivity contribution in [3.05, 3.63) is 46.9 Å². The number of nitrogens with zero attached hydrogens (tertiary/aromatic N) is 1. The highest BCUT2D eigenvalue weighted by atomic mass is 35.5. The molecule has 1 amide bonds. The van der Waals surface area contributed by atoms with E-state index in [2.05, 4.69) is 10.3 Å². The first-order valence-corrected chi connectivity index (χ1v) is 11.2. The number of Topliss-reactive ketones (excluding diaryl/α,β-unsaturated/α-hetero) is 1. The van der Waals surface area contributed by atoms with E-state index in [1.807, 2.05) is 0 Å². The highest BCUT2D eigenvalue weighted by Gasteiger charge is 2.68. The van der Waals surface area contributed by atoms with Crippen molar-refractivity contribution in [2.24, 2.45) is 5.41 Å². The van der Waals surface area contributed by atoms with Gasteiger partial charge in [-0.1, -0.05) is 11.6 Å². The van der Waals surface area contributed by atoms with Gasteiger partial charge in [-0.3, -0.25) is 9.59 Å². The number of rotatable bonds is 8. The molecule has 7 nitrogen and oxygen atoms in total. The Bertz CT molecular complexity index is 1030. The van der Waals surface area contributed by atoms with Gasteiger partial charge in [-0.2, -0.15) is 0 Å². The van der Waals surface area contributed by atoms with Crippen molar-refractivity contribution in [3.8, 4) is 5.75 Å². The van der Waals surface area contributed by atoms with Gasteiger partial charge in [0.15, 0.2) is 11.7 Å². The van der Waals surface area contributed by atoms with Gasteiger partial charge in [0, 0.05) is 37.2 Å². The molecule has 170 valence electrons. The van der Waals surface area contributed by atoms with E-state index < -0.39 is 5.82 Å². The summed E-state index contributed by atoms with van der Waals surface area (Å²) in [5.41, 5.74) is -0.337. The first kappa shape index (κ1) is 21.4. The smallest absolute Gasteiger partial charge is 0.289 e. The molecule has 1 saturated heterocycles. The third-order valence-electron chi connectivity index (χ3n) is 6.70. The van der Waals surface area contributed by atoms with Crippen LogP contribution in [0.5, 0.6) is 5.75 Å². The Morgan fingerprint density at radius 1 is 1.25 bits per heavy atom. The summed E-state index contributed by atoms with van der Waals surface area (Å²) in [6, 6.07) is 4.09. The Kier molecular flexibility index (Phi) is 5.45. The molecule has 4 aliphatic rings. The summed E-state index contributed by atoms with van der Waals surface area (Å²) in [6.45, 7) is 1.25. The third-order valence-corrected chi connectivity index (χ3v) is 7.01. The second-order valence-electron chi connectivity index (χ2n) is 9.29. The Labute approximate surface area is 189 Å². The van der Waals surface area contributed by atoms with Gasteiger partial charge < -0.3 is 19.2 Å². The van der Waals surface area contributed by atoms with E-state index in [1.54, 1.807) is 0 Å². The molecule has 1 aliphatic heterocycles. The van der Waals surface area contributed by atoms with E-state index in [0.29, 0.717) is 25.5 Å². The topological polar surface area (TPSA) is 90.7 Å². The van der Waals surface area contributed by atoms with Crippen LogP contribution in [0.4, 0.5) is 4.39 Å². The average Bonchev–Trinajstić information content (AvgIpc) is 3.23. The van der Waals surface area contributed by atoms with Gasteiger partial charge in [-0.05, 0) is 49.7 Å². The summed E-state index contributed by atoms with van der Waals surface area (Å²) in [5.74, 6) is 0.402. The fourth-order valence-corrected chi connectivity index (χ4v) is 5.46. The first-order chi connectivity index (χ1) is 15.4. The van der Waals surface area contributed by atoms with Gasteiger partial charge in [0.05, 0.1) is 11.2 Å². The molecule has 0 unspecified atom stereocenters. The molecule has 2 aromatic rings. The van der Waals surface area contributed by atoms with E-state index in [4.69, 9.17) is 25.5 Å². The summed E-state index contributed by atoms with van der Waals surface area (Å²) in [7, 11) is 0. The molecule has 4 fully saturated rings. The van der Waals surface area contributed by atoms with Crippen molar-refractivity contribution in [1.82, 2.24) is 10.3 Å². The number of hydrogen-bond donors (Lipinski definition) is 1. The molecule has 0 radical (unpaired) electrons. The molecule has 0 atom stereocenters. The van der Waals surface area contributed by atoms with Crippen molar-refractivity contribution >= 4 is 23.3 Å². The van der Waals surface area contributed by atoms with Crippen LogP contribution >= 0.6 is 11.6 Å². The molecule has 2 bridgehead atoms. The van der Waals surface area contributed by atoms with E-state index in [1.165, 1.54) is 18.3 Å². The van der Waals surface area contributed by atoms with Gasteiger partial charge in [-0.25, -0.2) is 9.37 Å². The molecule has 6 rings (SSSR count). The highest BCUT2D eigenvalue weighted by Crippen LogP contribution is 2.69. The van der Waals surface area contributed by atoms with Crippen LogP contribution in [0.2, 0.25) is 5.02 Å². The fraction of sp³-hybridized carbons (Fsp3) is 0.522. The molecular formula is C23H24ClFN2O5. The third kappa shape index (κ3) is 4.13. The second-order valence-corrected chi connectivity index (χ2v) is 9.70. The van der Waals surface area contributed by atoms with Crippen molar-refractivity contribution in [2.75, 3.05) is 19.8 Å². The van der Waals surface area contributed by atoms with Crippen LogP contribution < -0.4 is 10.1 Å². The van der Waals surface area contributed by atoms with Crippen molar-refractivity contribution in [2.45, 2.75) is 50.0 Å². The molecular weight excluding hydrogens is 439 g/mol. The van der Waals surface area contributed by atoms with Crippen LogP contribution in [0.15, 0.2) is 28.8 Å². The number of aromatic nitrogens is 1. The lowest BCUT2D eigenvalue weighted by molar-refractivity contribution is -0.162. The molecule has 1 aromatic carbocycles. The number of nitrogens with one attached hydrogen (secondary N) is 1. The van der Waals surface area contributed by atoms with Gasteiger partial charge in [0.2, 0.25) is 5.76 Å². The number of oxazole rings is 1. The van der Waals surface area contributed by atoms with Crippen LogP contribution in [0.3, 0.4) is 0 Å². The number of ketones is 1. The molecule has 3 aliphatic carbocycles. The van der Waals surface area contributed by atoms with E-state index in [0.717, 1.165) is 38.2 Å². The standard InChI is InChI=1S/C23H24ClFN2O5/c24-17-2-1-16(7-18(17)25)31-10-15(28)8-22-11-23(12-22,13-22)27-20(29)19-9-26-21(32-19)14-3-5-30-6-4-14/h1-2,7,9,14H,3-6,8,10-13H2,(H,27,29). The minimum absolute atomic E-state index is 0.00929. The van der Waals surface area contributed by atoms with Crippen LogP contribution in [0.1, 0.15) is 60.9 Å². The zero-order valence-electron chi connectivity index (χ0n) is 17.5. The van der Waals surface area contributed by atoms with Crippen molar-refractivity contribution in [3.63, 3.8) is 0 Å². The number of carbonyl (C=O) groups excluding carboxylic acids is 2. The normalized spacial score (nSPS) is 26.7. The summed E-state index contributed by atoms with van der Waals surface area (Å²) < 4.78 is 29.9. The SMILES string of the molecule is O=C(COc1ccc(Cl)c(F)c1)CC12CC(NC(=O)c3cnc(C4CCOCC4)o3)(C1)C2. The number of carbonyl (C=O) groups is 2.